The number of nitrogens with one attached hydrogen (secondary N) is 5. The molecule has 0 radical (unpaired) electrons. The van der Waals surface area contributed by atoms with Crippen LogP contribution in [0.1, 0.15) is 49.9 Å². The lowest BCUT2D eigenvalue weighted by Gasteiger charge is -2.25. The fourth-order valence-corrected chi connectivity index (χ4v) is 3.88. The van der Waals surface area contributed by atoms with Crippen molar-refractivity contribution in [1.82, 2.24) is 35.9 Å². The largest absolute Gasteiger partial charge is 0.480 e. The van der Waals surface area contributed by atoms with Crippen LogP contribution in [0, 0.1) is 0 Å². The Kier molecular flexibility index (Phi) is 13.6. The van der Waals surface area contributed by atoms with Gasteiger partial charge in [-0.3, -0.25) is 14.4 Å². The second-order valence-electron chi connectivity index (χ2n) is 9.23. The number of H-pyrrole nitrogens is 2. The van der Waals surface area contributed by atoms with Crippen molar-refractivity contribution in [3.05, 3.63) is 36.4 Å². The molecule has 0 fully saturated rings. The molecule has 0 saturated heterocycles. The number of nitrogens with two attached hydrogens (primary N) is 3. The summed E-state index contributed by atoms with van der Waals surface area (Å²) < 4.78 is 0. The third kappa shape index (κ3) is 11.2. The molecular formula is C24H40N10O5. The van der Waals surface area contributed by atoms with Gasteiger partial charge in [0.2, 0.25) is 17.7 Å². The molecule has 0 saturated carbocycles. The van der Waals surface area contributed by atoms with Gasteiger partial charge in [-0.05, 0) is 51.6 Å². The van der Waals surface area contributed by atoms with E-state index in [1.165, 1.54) is 18.9 Å². The van der Waals surface area contributed by atoms with Crippen LogP contribution in [0.2, 0.25) is 0 Å². The van der Waals surface area contributed by atoms with Gasteiger partial charge in [-0.2, -0.15) is 0 Å². The quantitative estimate of drug-likeness (QED) is 0.0875. The van der Waals surface area contributed by atoms with E-state index in [9.17, 15) is 24.3 Å². The number of amides is 3. The van der Waals surface area contributed by atoms with Crippen molar-refractivity contribution in [2.45, 2.75) is 75.5 Å². The van der Waals surface area contributed by atoms with Crippen molar-refractivity contribution in [2.24, 2.45) is 17.2 Å². The van der Waals surface area contributed by atoms with Crippen LogP contribution in [0.4, 0.5) is 0 Å². The molecule has 2 rings (SSSR count). The topological polar surface area (TPSA) is 260 Å². The normalized spacial score (nSPS) is 14.1. The number of imidazole rings is 2. The van der Waals surface area contributed by atoms with E-state index in [1.807, 2.05) is 0 Å². The average molecular weight is 549 g/mol. The fourth-order valence-electron chi connectivity index (χ4n) is 3.88. The first-order valence-corrected chi connectivity index (χ1v) is 13.0. The Morgan fingerprint density at radius 3 is 1.64 bits per heavy atom. The van der Waals surface area contributed by atoms with Gasteiger partial charge in [0.1, 0.15) is 18.1 Å². The predicted molar refractivity (Wildman–Crippen MR) is 142 cm³/mol. The molecule has 15 heteroatoms. The average Bonchev–Trinajstić information content (AvgIpc) is 3.61. The van der Waals surface area contributed by atoms with Crippen molar-refractivity contribution in [3.63, 3.8) is 0 Å². The van der Waals surface area contributed by atoms with Crippen LogP contribution in [0.3, 0.4) is 0 Å². The first-order chi connectivity index (χ1) is 18.7. The minimum absolute atomic E-state index is 0.0420. The molecule has 39 heavy (non-hydrogen) atoms. The summed E-state index contributed by atoms with van der Waals surface area (Å²) >= 11 is 0. The molecule has 2 aromatic heterocycles. The van der Waals surface area contributed by atoms with Gasteiger partial charge < -0.3 is 48.2 Å². The number of carboxylic acid groups (broad SMARTS) is 1. The highest BCUT2D eigenvalue weighted by molar-refractivity contribution is 5.94. The Balaban J connectivity index is 2.10. The number of carbonyl (C=O) groups is 4. The third-order valence-electron chi connectivity index (χ3n) is 6.06. The van der Waals surface area contributed by atoms with E-state index in [1.54, 1.807) is 6.20 Å². The van der Waals surface area contributed by atoms with Crippen molar-refractivity contribution in [2.75, 3.05) is 13.1 Å². The smallest absolute Gasteiger partial charge is 0.326 e. The van der Waals surface area contributed by atoms with E-state index >= 15 is 0 Å². The molecule has 15 nitrogen and oxygen atoms in total. The molecule has 216 valence electrons. The fraction of sp³-hybridized carbons (Fsp3) is 0.583. The number of carbonyl (C=O) groups excluding carboxylic acids is 3. The van der Waals surface area contributed by atoms with Gasteiger partial charge in [0, 0.05) is 25.2 Å². The Labute approximate surface area is 226 Å². The summed E-state index contributed by atoms with van der Waals surface area (Å²) in [5.41, 5.74) is 18.3. The zero-order valence-electron chi connectivity index (χ0n) is 21.9. The number of aromatic nitrogens is 4. The van der Waals surface area contributed by atoms with Gasteiger partial charge in [-0.1, -0.05) is 0 Å². The van der Waals surface area contributed by atoms with Gasteiger partial charge >= 0.3 is 5.97 Å². The number of hydrogen-bond acceptors (Lipinski definition) is 9. The summed E-state index contributed by atoms with van der Waals surface area (Å²) in [6.45, 7) is 0.808. The highest BCUT2D eigenvalue weighted by Crippen LogP contribution is 2.08. The number of rotatable bonds is 19. The van der Waals surface area contributed by atoms with Crippen LogP contribution in [0.15, 0.2) is 25.0 Å². The maximum absolute atomic E-state index is 13.3. The van der Waals surface area contributed by atoms with Crippen molar-refractivity contribution >= 4 is 23.7 Å². The standard InChI is InChI=1S/C24H40N10O5/c25-7-3-1-5-18(32-21(35)17(27)9-15-11-28-13-30-15)22(36)33-19(6-2-4-8-26)23(37)34-20(24(38)39)10-16-12-29-14-31-16/h11-14,17-20H,1-10,25-27H2,(H,28,30)(H,29,31)(H,32,35)(H,33,36)(H,34,37)(H,38,39)/t17-,18-,19-,20-/m0/s1. The summed E-state index contributed by atoms with van der Waals surface area (Å²) in [6.07, 6.45) is 8.98. The second-order valence-corrected chi connectivity index (χ2v) is 9.23. The van der Waals surface area contributed by atoms with E-state index in [0.717, 1.165) is 0 Å². The number of aromatic amines is 2. The Morgan fingerprint density at radius 2 is 1.21 bits per heavy atom. The van der Waals surface area contributed by atoms with Crippen molar-refractivity contribution in [1.29, 1.82) is 0 Å². The van der Waals surface area contributed by atoms with Gasteiger partial charge in [0.15, 0.2) is 0 Å². The number of hydrogen-bond donors (Lipinski definition) is 9. The summed E-state index contributed by atoms with van der Waals surface area (Å²) in [4.78, 5) is 64.6. The van der Waals surface area contributed by atoms with Gasteiger partial charge in [0.25, 0.3) is 0 Å². The Morgan fingerprint density at radius 1 is 0.744 bits per heavy atom. The summed E-state index contributed by atoms with van der Waals surface area (Å²) in [7, 11) is 0. The molecule has 0 aliphatic heterocycles. The van der Waals surface area contributed by atoms with E-state index in [2.05, 4.69) is 35.9 Å². The van der Waals surface area contributed by atoms with Gasteiger partial charge in [-0.15, -0.1) is 0 Å². The van der Waals surface area contributed by atoms with E-state index in [0.29, 0.717) is 50.2 Å². The SMILES string of the molecule is NCCCC[C@H](NC(=O)[C@H](CCCCN)NC(=O)[C@@H](N)Cc1c[nH]cn1)C(=O)N[C@@H](Cc1c[nH]cn1)C(=O)O. The van der Waals surface area contributed by atoms with Crippen molar-refractivity contribution in [3.8, 4) is 0 Å². The van der Waals surface area contributed by atoms with E-state index < -0.39 is 47.9 Å². The second kappa shape index (κ2) is 16.9. The van der Waals surface area contributed by atoms with E-state index in [-0.39, 0.29) is 25.7 Å². The molecule has 4 atom stereocenters. The summed E-state index contributed by atoms with van der Waals surface area (Å²) in [5.74, 6) is -3.03. The lowest BCUT2D eigenvalue weighted by Crippen LogP contribution is -2.57. The van der Waals surface area contributed by atoms with Crippen LogP contribution in [-0.2, 0) is 32.0 Å². The van der Waals surface area contributed by atoms with Crippen LogP contribution in [-0.4, -0.2) is 86.0 Å². The monoisotopic (exact) mass is 548 g/mol. The first kappa shape index (κ1) is 31.4. The molecule has 0 aromatic carbocycles. The molecule has 2 heterocycles. The van der Waals surface area contributed by atoms with Crippen LogP contribution >= 0.6 is 0 Å². The third-order valence-corrected chi connectivity index (χ3v) is 6.06. The molecule has 0 spiro atoms. The van der Waals surface area contributed by atoms with Crippen LogP contribution in [0.5, 0.6) is 0 Å². The number of carboxylic acids is 1. The molecule has 12 N–H and O–H groups in total. The number of unbranched alkanes of at least 4 members (excludes halogenated alkanes) is 2. The molecular weight excluding hydrogens is 508 g/mol. The molecule has 0 aliphatic rings. The lowest BCUT2D eigenvalue weighted by molar-refractivity contribution is -0.142. The predicted octanol–water partition coefficient (Wildman–Crippen LogP) is -1.96. The maximum Gasteiger partial charge on any atom is 0.326 e. The molecule has 0 unspecified atom stereocenters. The molecule has 3 amide bonds. The van der Waals surface area contributed by atoms with Crippen LogP contribution in [0.25, 0.3) is 0 Å². The minimum Gasteiger partial charge on any atom is -0.480 e. The highest BCUT2D eigenvalue weighted by atomic mass is 16.4. The summed E-state index contributed by atoms with van der Waals surface area (Å²) in [5, 5.41) is 17.5. The molecule has 0 aliphatic carbocycles. The maximum atomic E-state index is 13.3. The Bertz CT molecular complexity index is 1010. The zero-order valence-corrected chi connectivity index (χ0v) is 21.9. The Hall–Kier alpha value is -3.82. The highest BCUT2D eigenvalue weighted by Gasteiger charge is 2.30. The molecule has 2 aromatic rings. The van der Waals surface area contributed by atoms with E-state index in [4.69, 9.17) is 17.2 Å². The number of nitrogens with zero attached hydrogens (tertiary/aromatic N) is 2. The summed E-state index contributed by atoms with van der Waals surface area (Å²) in [6, 6.07) is -4.22. The minimum atomic E-state index is -1.25. The number of aliphatic carboxylic acids is 1. The van der Waals surface area contributed by atoms with Gasteiger partial charge in [0.05, 0.1) is 30.1 Å². The lowest BCUT2D eigenvalue weighted by atomic mass is 10.0. The van der Waals surface area contributed by atoms with Gasteiger partial charge in [-0.25, -0.2) is 14.8 Å². The van der Waals surface area contributed by atoms with Crippen molar-refractivity contribution < 1.29 is 24.3 Å². The molecule has 0 bridgehead atoms. The first-order valence-electron chi connectivity index (χ1n) is 13.0. The van der Waals surface area contributed by atoms with Crippen LogP contribution < -0.4 is 33.2 Å². The zero-order chi connectivity index (χ0) is 28.6.